The first-order valence-electron chi connectivity index (χ1n) is 5.64. The van der Waals surface area contributed by atoms with Crippen molar-refractivity contribution >= 4 is 23.1 Å². The number of benzene rings is 1. The number of thiocarbonyl (C=S) groups is 1. The molecule has 1 atom stereocenters. The summed E-state index contributed by atoms with van der Waals surface area (Å²) in [4.78, 5) is 14.0. The Bertz CT molecular complexity index is 476. The monoisotopic (exact) mass is 268 g/mol. The third-order valence-corrected chi connectivity index (χ3v) is 3.06. The number of carbonyl (C=O) groups excluding carboxylic acids is 1. The fourth-order valence-electron chi connectivity index (χ4n) is 1.56. The largest absolute Gasteiger partial charge is 0.393 e. The van der Waals surface area contributed by atoms with Gasteiger partial charge in [-0.05, 0) is 31.5 Å². The summed E-state index contributed by atoms with van der Waals surface area (Å²) in [5, 5.41) is 0. The van der Waals surface area contributed by atoms with Crippen LogP contribution >= 0.6 is 12.2 Å². The van der Waals surface area contributed by atoms with Crippen molar-refractivity contribution in [1.82, 2.24) is 4.90 Å². The lowest BCUT2D eigenvalue weighted by atomic mass is 10.1. The van der Waals surface area contributed by atoms with Gasteiger partial charge in [-0.3, -0.25) is 4.79 Å². The van der Waals surface area contributed by atoms with Gasteiger partial charge in [-0.25, -0.2) is 4.39 Å². The van der Waals surface area contributed by atoms with Gasteiger partial charge in [0.2, 0.25) is 0 Å². The van der Waals surface area contributed by atoms with Crippen LogP contribution in [-0.4, -0.2) is 28.9 Å². The lowest BCUT2D eigenvalue weighted by molar-refractivity contribution is 0.0747. The number of nitrogens with two attached hydrogens (primary N) is 1. The Morgan fingerprint density at radius 1 is 1.56 bits per heavy atom. The minimum absolute atomic E-state index is 0.112. The van der Waals surface area contributed by atoms with Crippen molar-refractivity contribution in [3.05, 3.63) is 35.1 Å². The zero-order chi connectivity index (χ0) is 13.9. The van der Waals surface area contributed by atoms with E-state index in [0.717, 1.165) is 0 Å². The van der Waals surface area contributed by atoms with Crippen molar-refractivity contribution < 1.29 is 9.18 Å². The molecule has 1 rings (SSSR count). The molecular weight excluding hydrogens is 251 g/mol. The fourth-order valence-corrected chi connectivity index (χ4v) is 1.80. The first kappa shape index (κ1) is 14.6. The molecule has 1 amide bonds. The summed E-state index contributed by atoms with van der Waals surface area (Å²) < 4.78 is 13.4. The quantitative estimate of drug-likeness (QED) is 0.852. The van der Waals surface area contributed by atoms with Gasteiger partial charge in [0.1, 0.15) is 5.82 Å². The van der Waals surface area contributed by atoms with Crippen molar-refractivity contribution in [3.63, 3.8) is 0 Å². The van der Waals surface area contributed by atoms with Gasteiger partial charge >= 0.3 is 0 Å². The van der Waals surface area contributed by atoms with Crippen LogP contribution < -0.4 is 5.73 Å². The standard InChI is InChI=1S/C13H17FN2OS/c1-8-4-5-10(7-11(8)14)13(17)16(3)9(2)6-12(15)18/h4-5,7,9H,6H2,1-3H3,(H2,15,18). The molecule has 1 aromatic rings. The Labute approximate surface area is 112 Å². The van der Waals surface area contributed by atoms with E-state index < -0.39 is 0 Å². The highest BCUT2D eigenvalue weighted by Gasteiger charge is 2.18. The van der Waals surface area contributed by atoms with Crippen molar-refractivity contribution in [2.24, 2.45) is 5.73 Å². The molecule has 2 N–H and O–H groups in total. The second-order valence-corrected chi connectivity index (χ2v) is 4.92. The average molecular weight is 268 g/mol. The summed E-state index contributed by atoms with van der Waals surface area (Å²) >= 11 is 4.81. The number of rotatable bonds is 4. The maximum atomic E-state index is 13.4. The Hall–Kier alpha value is -1.49. The normalized spacial score (nSPS) is 12.0. The van der Waals surface area contributed by atoms with Crippen LogP contribution in [0.15, 0.2) is 18.2 Å². The van der Waals surface area contributed by atoms with E-state index in [1.807, 2.05) is 6.92 Å². The van der Waals surface area contributed by atoms with Crippen LogP contribution in [0.2, 0.25) is 0 Å². The van der Waals surface area contributed by atoms with Crippen LogP contribution in [0.1, 0.15) is 29.3 Å². The van der Waals surface area contributed by atoms with Crippen LogP contribution in [-0.2, 0) is 0 Å². The van der Waals surface area contributed by atoms with Crippen LogP contribution in [0.4, 0.5) is 4.39 Å². The number of carbonyl (C=O) groups is 1. The number of amides is 1. The summed E-state index contributed by atoms with van der Waals surface area (Å²) in [7, 11) is 1.66. The molecule has 0 saturated carbocycles. The average Bonchev–Trinajstić information content (AvgIpc) is 2.30. The fraction of sp³-hybridized carbons (Fsp3) is 0.385. The molecular formula is C13H17FN2OS. The smallest absolute Gasteiger partial charge is 0.253 e. The predicted octanol–water partition coefficient (Wildman–Crippen LogP) is 2.27. The lowest BCUT2D eigenvalue weighted by Crippen LogP contribution is -2.37. The first-order valence-corrected chi connectivity index (χ1v) is 6.05. The molecule has 0 aliphatic heterocycles. The van der Waals surface area contributed by atoms with Crippen molar-refractivity contribution in [2.45, 2.75) is 26.3 Å². The number of hydrogen-bond donors (Lipinski definition) is 1. The zero-order valence-electron chi connectivity index (χ0n) is 10.7. The number of aryl methyl sites for hydroxylation is 1. The molecule has 0 heterocycles. The Morgan fingerprint density at radius 3 is 2.67 bits per heavy atom. The van der Waals surface area contributed by atoms with Crippen LogP contribution in [0.3, 0.4) is 0 Å². The van der Waals surface area contributed by atoms with Crippen LogP contribution in [0, 0.1) is 12.7 Å². The SMILES string of the molecule is Cc1ccc(C(=O)N(C)C(C)CC(N)=S)cc1F. The number of nitrogens with zero attached hydrogens (tertiary/aromatic N) is 1. The number of halogens is 1. The molecule has 0 saturated heterocycles. The second kappa shape index (κ2) is 5.91. The van der Waals surface area contributed by atoms with E-state index in [0.29, 0.717) is 22.5 Å². The molecule has 1 aromatic carbocycles. The molecule has 98 valence electrons. The van der Waals surface area contributed by atoms with E-state index in [1.54, 1.807) is 26.1 Å². The van der Waals surface area contributed by atoms with Crippen molar-refractivity contribution in [1.29, 1.82) is 0 Å². The Kier molecular flexibility index (Phi) is 4.78. The maximum absolute atomic E-state index is 13.4. The van der Waals surface area contributed by atoms with Crippen molar-refractivity contribution in [2.75, 3.05) is 7.05 Å². The summed E-state index contributed by atoms with van der Waals surface area (Å²) in [6.07, 6.45) is 0.450. The minimum atomic E-state index is -0.378. The van der Waals surface area contributed by atoms with E-state index in [-0.39, 0.29) is 17.8 Å². The number of hydrogen-bond acceptors (Lipinski definition) is 2. The Morgan fingerprint density at radius 2 is 2.17 bits per heavy atom. The second-order valence-electron chi connectivity index (χ2n) is 4.40. The van der Waals surface area contributed by atoms with Crippen LogP contribution in [0.25, 0.3) is 0 Å². The van der Waals surface area contributed by atoms with Gasteiger partial charge in [-0.15, -0.1) is 0 Å². The predicted molar refractivity (Wildman–Crippen MR) is 74.1 cm³/mol. The first-order chi connectivity index (χ1) is 8.32. The van der Waals surface area contributed by atoms with Gasteiger partial charge in [0.05, 0.1) is 4.99 Å². The molecule has 0 aliphatic carbocycles. The summed E-state index contributed by atoms with van der Waals surface area (Å²) in [5.41, 5.74) is 6.30. The van der Waals surface area contributed by atoms with E-state index in [1.165, 1.54) is 11.0 Å². The highest BCUT2D eigenvalue weighted by molar-refractivity contribution is 7.80. The van der Waals surface area contributed by atoms with E-state index in [4.69, 9.17) is 18.0 Å². The summed E-state index contributed by atoms with van der Waals surface area (Å²) in [6.45, 7) is 3.50. The van der Waals surface area contributed by atoms with Gasteiger partial charge in [-0.1, -0.05) is 18.3 Å². The molecule has 0 spiro atoms. The molecule has 0 radical (unpaired) electrons. The molecule has 18 heavy (non-hydrogen) atoms. The van der Waals surface area contributed by atoms with E-state index in [2.05, 4.69) is 0 Å². The summed E-state index contributed by atoms with van der Waals surface area (Å²) in [5.74, 6) is -0.617. The highest BCUT2D eigenvalue weighted by Crippen LogP contribution is 2.13. The molecule has 5 heteroatoms. The molecule has 0 fully saturated rings. The van der Waals surface area contributed by atoms with Gasteiger partial charge in [-0.2, -0.15) is 0 Å². The molecule has 1 unspecified atom stereocenters. The Balaban J connectivity index is 2.86. The molecule has 0 aromatic heterocycles. The topological polar surface area (TPSA) is 46.3 Å². The third kappa shape index (κ3) is 3.50. The van der Waals surface area contributed by atoms with Gasteiger partial charge in [0.25, 0.3) is 5.91 Å². The molecule has 3 nitrogen and oxygen atoms in total. The van der Waals surface area contributed by atoms with Crippen molar-refractivity contribution in [3.8, 4) is 0 Å². The van der Waals surface area contributed by atoms with Gasteiger partial charge in [0.15, 0.2) is 0 Å². The molecule has 0 aliphatic rings. The maximum Gasteiger partial charge on any atom is 0.253 e. The van der Waals surface area contributed by atoms with Gasteiger partial charge < -0.3 is 10.6 Å². The lowest BCUT2D eigenvalue weighted by Gasteiger charge is -2.24. The third-order valence-electron chi connectivity index (χ3n) is 2.90. The minimum Gasteiger partial charge on any atom is -0.393 e. The summed E-state index contributed by atoms with van der Waals surface area (Å²) in [6, 6.07) is 4.35. The highest BCUT2D eigenvalue weighted by atomic mass is 32.1. The molecule has 0 bridgehead atoms. The van der Waals surface area contributed by atoms with Gasteiger partial charge in [0, 0.05) is 25.1 Å². The van der Waals surface area contributed by atoms with E-state index in [9.17, 15) is 9.18 Å². The zero-order valence-corrected chi connectivity index (χ0v) is 11.6. The van der Waals surface area contributed by atoms with Crippen LogP contribution in [0.5, 0.6) is 0 Å². The van der Waals surface area contributed by atoms with E-state index >= 15 is 0 Å².